The highest BCUT2D eigenvalue weighted by Gasteiger charge is 2.16. The van der Waals surface area contributed by atoms with Gasteiger partial charge in [-0.25, -0.2) is 0 Å². The van der Waals surface area contributed by atoms with Crippen LogP contribution in [0.4, 0.5) is 0 Å². The molecule has 0 amide bonds. The van der Waals surface area contributed by atoms with E-state index in [1.54, 1.807) is 6.26 Å². The Morgan fingerprint density at radius 2 is 2.00 bits per heavy atom. The first-order valence-electron chi connectivity index (χ1n) is 6.89. The van der Waals surface area contributed by atoms with Gasteiger partial charge >= 0.3 is 0 Å². The molecule has 0 aliphatic rings. The van der Waals surface area contributed by atoms with E-state index in [-0.39, 0.29) is 0 Å². The zero-order valence-electron chi connectivity index (χ0n) is 11.8. The van der Waals surface area contributed by atoms with Crippen molar-refractivity contribution in [2.75, 3.05) is 5.75 Å². The van der Waals surface area contributed by atoms with E-state index < -0.39 is 0 Å². The Hall–Kier alpha value is -2.52. The topological polar surface area (TPSA) is 67.6 Å². The second-order valence-electron chi connectivity index (χ2n) is 4.61. The summed E-state index contributed by atoms with van der Waals surface area (Å²) in [5.74, 6) is 2.09. The van der Waals surface area contributed by atoms with Crippen LogP contribution < -0.4 is 0 Å². The number of benzene rings is 1. The number of hydrogen-bond donors (Lipinski definition) is 0. The normalized spacial score (nSPS) is 10.5. The maximum absolute atomic E-state index is 8.68. The summed E-state index contributed by atoms with van der Waals surface area (Å²) in [6.07, 6.45) is 2.11. The van der Waals surface area contributed by atoms with Gasteiger partial charge in [0.1, 0.15) is 0 Å². The Balaban J connectivity index is 1.92. The van der Waals surface area contributed by atoms with Crippen LogP contribution >= 0.6 is 11.8 Å². The van der Waals surface area contributed by atoms with Crippen molar-refractivity contribution in [2.24, 2.45) is 0 Å². The molecular formula is C16H14N4OS. The lowest BCUT2D eigenvalue weighted by Crippen LogP contribution is -2.04. The molecule has 0 fully saturated rings. The summed E-state index contributed by atoms with van der Waals surface area (Å²) < 4.78 is 7.48. The average molecular weight is 310 g/mol. The fourth-order valence-electron chi connectivity index (χ4n) is 2.08. The fourth-order valence-corrected chi connectivity index (χ4v) is 2.86. The molecule has 0 bridgehead atoms. The van der Waals surface area contributed by atoms with Crippen LogP contribution in [0.5, 0.6) is 0 Å². The van der Waals surface area contributed by atoms with Crippen LogP contribution in [0.2, 0.25) is 0 Å². The van der Waals surface area contributed by atoms with E-state index in [9.17, 15) is 0 Å². The monoisotopic (exact) mass is 310 g/mol. The standard InChI is InChI=1S/C16H14N4OS/c17-9-5-11-22-16-19-18-15(14-8-4-10-21-14)20(16)12-13-6-2-1-3-7-13/h1-4,6-8,10H,5,11-12H2. The van der Waals surface area contributed by atoms with Crippen molar-refractivity contribution in [1.29, 1.82) is 5.26 Å². The van der Waals surface area contributed by atoms with E-state index >= 15 is 0 Å². The van der Waals surface area contributed by atoms with Crippen molar-refractivity contribution in [3.63, 3.8) is 0 Å². The minimum absolute atomic E-state index is 0.485. The molecule has 0 saturated heterocycles. The van der Waals surface area contributed by atoms with Crippen molar-refractivity contribution in [3.05, 3.63) is 54.3 Å². The number of furan rings is 1. The van der Waals surface area contributed by atoms with Crippen LogP contribution in [-0.4, -0.2) is 20.5 Å². The third-order valence-electron chi connectivity index (χ3n) is 3.09. The van der Waals surface area contributed by atoms with Gasteiger partial charge in [0.25, 0.3) is 0 Å². The molecule has 0 N–H and O–H groups in total. The van der Waals surface area contributed by atoms with Gasteiger partial charge in [-0.15, -0.1) is 10.2 Å². The molecule has 5 nitrogen and oxygen atoms in total. The lowest BCUT2D eigenvalue weighted by atomic mass is 10.2. The minimum Gasteiger partial charge on any atom is -0.461 e. The van der Waals surface area contributed by atoms with Gasteiger partial charge in [-0.05, 0) is 17.7 Å². The van der Waals surface area contributed by atoms with Gasteiger partial charge in [-0.1, -0.05) is 42.1 Å². The summed E-state index contributed by atoms with van der Waals surface area (Å²) in [4.78, 5) is 0. The second kappa shape index (κ2) is 6.96. The Morgan fingerprint density at radius 3 is 2.73 bits per heavy atom. The van der Waals surface area contributed by atoms with Gasteiger partial charge in [0, 0.05) is 12.2 Å². The van der Waals surface area contributed by atoms with Crippen LogP contribution in [0, 0.1) is 11.3 Å². The van der Waals surface area contributed by atoms with Crippen LogP contribution in [0.15, 0.2) is 58.3 Å². The van der Waals surface area contributed by atoms with Crippen LogP contribution in [-0.2, 0) is 6.54 Å². The van der Waals surface area contributed by atoms with Crippen molar-refractivity contribution in [3.8, 4) is 17.7 Å². The largest absolute Gasteiger partial charge is 0.461 e. The maximum atomic E-state index is 8.68. The number of nitriles is 1. The molecule has 3 aromatic rings. The molecule has 2 aromatic heterocycles. The smallest absolute Gasteiger partial charge is 0.200 e. The molecule has 1 aromatic carbocycles. The number of rotatable bonds is 6. The van der Waals surface area contributed by atoms with E-state index in [1.165, 1.54) is 11.8 Å². The van der Waals surface area contributed by atoms with Crippen molar-refractivity contribution < 1.29 is 4.42 Å². The van der Waals surface area contributed by atoms with Crippen LogP contribution in [0.3, 0.4) is 0 Å². The average Bonchev–Trinajstić information content (AvgIpc) is 3.19. The third kappa shape index (κ3) is 3.21. The van der Waals surface area contributed by atoms with Gasteiger partial charge in [0.2, 0.25) is 5.82 Å². The molecule has 6 heteroatoms. The molecule has 22 heavy (non-hydrogen) atoms. The SMILES string of the molecule is N#CCCSc1nnc(-c2ccco2)n1Cc1ccccc1. The Morgan fingerprint density at radius 1 is 1.14 bits per heavy atom. The molecule has 0 aliphatic carbocycles. The summed E-state index contributed by atoms with van der Waals surface area (Å²) in [5, 5.41) is 18.0. The summed E-state index contributed by atoms with van der Waals surface area (Å²) in [6, 6.07) is 16.0. The third-order valence-corrected chi connectivity index (χ3v) is 4.06. The quantitative estimate of drug-likeness (QED) is 0.514. The number of aromatic nitrogens is 3. The molecule has 0 atom stereocenters. The maximum Gasteiger partial charge on any atom is 0.200 e. The van der Waals surface area contributed by atoms with E-state index in [2.05, 4.69) is 28.4 Å². The van der Waals surface area contributed by atoms with E-state index in [4.69, 9.17) is 9.68 Å². The van der Waals surface area contributed by atoms with Gasteiger partial charge in [0.15, 0.2) is 10.9 Å². The highest BCUT2D eigenvalue weighted by atomic mass is 32.2. The molecular weight excluding hydrogens is 296 g/mol. The highest BCUT2D eigenvalue weighted by Crippen LogP contribution is 2.25. The van der Waals surface area contributed by atoms with Crippen LogP contribution in [0.1, 0.15) is 12.0 Å². The summed E-state index contributed by atoms with van der Waals surface area (Å²) in [5.41, 5.74) is 1.16. The Kier molecular flexibility index (Phi) is 4.56. The van der Waals surface area contributed by atoms with Gasteiger partial charge in [-0.2, -0.15) is 5.26 Å². The second-order valence-corrected chi connectivity index (χ2v) is 5.67. The van der Waals surface area contributed by atoms with Gasteiger partial charge in [-0.3, -0.25) is 4.57 Å². The fraction of sp³-hybridized carbons (Fsp3) is 0.188. The zero-order valence-corrected chi connectivity index (χ0v) is 12.7. The predicted octanol–water partition coefficient (Wildman–Crippen LogP) is 3.59. The molecule has 2 heterocycles. The summed E-state index contributed by atoms with van der Waals surface area (Å²) in [6.45, 7) is 0.665. The van der Waals surface area contributed by atoms with Crippen molar-refractivity contribution in [2.45, 2.75) is 18.1 Å². The number of nitrogens with zero attached hydrogens (tertiary/aromatic N) is 4. The van der Waals surface area contributed by atoms with Crippen LogP contribution in [0.25, 0.3) is 11.6 Å². The van der Waals surface area contributed by atoms with Crippen molar-refractivity contribution in [1.82, 2.24) is 14.8 Å². The summed E-state index contributed by atoms with van der Waals surface area (Å²) in [7, 11) is 0. The molecule has 0 radical (unpaired) electrons. The molecule has 3 rings (SSSR count). The molecule has 0 unspecified atom stereocenters. The summed E-state index contributed by atoms with van der Waals surface area (Å²) >= 11 is 1.53. The van der Waals surface area contributed by atoms with E-state index in [1.807, 2.05) is 34.9 Å². The van der Waals surface area contributed by atoms with Gasteiger partial charge < -0.3 is 4.42 Å². The Labute approximate surface area is 132 Å². The molecule has 110 valence electrons. The highest BCUT2D eigenvalue weighted by molar-refractivity contribution is 7.99. The molecule has 0 saturated carbocycles. The molecule has 0 aliphatic heterocycles. The van der Waals surface area contributed by atoms with E-state index in [0.717, 1.165) is 10.7 Å². The van der Waals surface area contributed by atoms with E-state index in [0.29, 0.717) is 30.3 Å². The lowest BCUT2D eigenvalue weighted by Gasteiger charge is -2.08. The lowest BCUT2D eigenvalue weighted by molar-refractivity contribution is 0.569. The molecule has 0 spiro atoms. The van der Waals surface area contributed by atoms with Crippen molar-refractivity contribution >= 4 is 11.8 Å². The number of thioether (sulfide) groups is 1. The predicted molar refractivity (Wildman–Crippen MR) is 84.2 cm³/mol. The number of hydrogen-bond acceptors (Lipinski definition) is 5. The first kappa shape index (κ1) is 14.4. The Bertz CT molecular complexity index is 759. The first-order valence-corrected chi connectivity index (χ1v) is 7.88. The zero-order chi connectivity index (χ0) is 15.2. The first-order chi connectivity index (χ1) is 10.9. The minimum atomic E-state index is 0.485. The van der Waals surface area contributed by atoms with Gasteiger partial charge in [0.05, 0.1) is 18.9 Å².